The van der Waals surface area contributed by atoms with E-state index < -0.39 is 0 Å². The summed E-state index contributed by atoms with van der Waals surface area (Å²) in [6, 6.07) is 19.0. The molecular formula is C18H12Cl2O3. The molecule has 3 rings (SSSR count). The minimum absolute atomic E-state index is 0.132. The van der Waals surface area contributed by atoms with Crippen molar-refractivity contribution >= 4 is 23.2 Å². The van der Waals surface area contributed by atoms with Crippen molar-refractivity contribution in [3.8, 4) is 28.7 Å². The molecule has 3 nitrogen and oxygen atoms in total. The second-order valence-electron chi connectivity index (χ2n) is 4.67. The first-order valence-corrected chi connectivity index (χ1v) is 7.57. The largest absolute Gasteiger partial charge is 0.502 e. The van der Waals surface area contributed by atoms with Gasteiger partial charge in [-0.2, -0.15) is 0 Å². The zero-order valence-electron chi connectivity index (χ0n) is 11.9. The first-order valence-electron chi connectivity index (χ1n) is 6.82. The van der Waals surface area contributed by atoms with Gasteiger partial charge in [0.05, 0.1) is 10.0 Å². The molecule has 116 valence electrons. The Labute approximate surface area is 143 Å². The topological polar surface area (TPSA) is 38.7 Å². The SMILES string of the molecule is Oc1c(Oc2ccccc2Cl)cccc1Oc1ccccc1Cl. The number of benzene rings is 3. The molecule has 0 bridgehead atoms. The fourth-order valence-corrected chi connectivity index (χ4v) is 2.31. The Kier molecular flexibility index (Phi) is 4.60. The molecule has 0 spiro atoms. The summed E-state index contributed by atoms with van der Waals surface area (Å²) in [5.74, 6) is 1.23. The smallest absolute Gasteiger partial charge is 0.202 e. The summed E-state index contributed by atoms with van der Waals surface area (Å²) in [6.45, 7) is 0. The Morgan fingerprint density at radius 2 is 0.957 bits per heavy atom. The monoisotopic (exact) mass is 346 g/mol. The number of halogens is 2. The van der Waals surface area contributed by atoms with E-state index in [1.165, 1.54) is 0 Å². The molecule has 0 aliphatic carbocycles. The lowest BCUT2D eigenvalue weighted by Gasteiger charge is -2.13. The van der Waals surface area contributed by atoms with E-state index in [0.29, 0.717) is 21.5 Å². The van der Waals surface area contributed by atoms with Gasteiger partial charge in [0, 0.05) is 0 Å². The zero-order chi connectivity index (χ0) is 16.2. The van der Waals surface area contributed by atoms with Crippen LogP contribution in [-0.4, -0.2) is 5.11 Å². The molecule has 5 heteroatoms. The van der Waals surface area contributed by atoms with Crippen molar-refractivity contribution < 1.29 is 14.6 Å². The maximum Gasteiger partial charge on any atom is 0.202 e. The Hall–Kier alpha value is -2.36. The predicted molar refractivity (Wildman–Crippen MR) is 91.2 cm³/mol. The summed E-state index contributed by atoms with van der Waals surface area (Å²) < 4.78 is 11.3. The molecule has 0 aliphatic heterocycles. The normalized spacial score (nSPS) is 10.3. The summed E-state index contributed by atoms with van der Waals surface area (Å²) in [5, 5.41) is 11.3. The zero-order valence-corrected chi connectivity index (χ0v) is 13.4. The van der Waals surface area contributed by atoms with Gasteiger partial charge in [-0.25, -0.2) is 0 Å². The second-order valence-corrected chi connectivity index (χ2v) is 5.48. The van der Waals surface area contributed by atoms with Gasteiger partial charge < -0.3 is 14.6 Å². The molecule has 0 saturated heterocycles. The van der Waals surface area contributed by atoms with Gasteiger partial charge in [-0.1, -0.05) is 53.5 Å². The number of ether oxygens (including phenoxy) is 2. The van der Waals surface area contributed by atoms with E-state index in [-0.39, 0.29) is 17.2 Å². The van der Waals surface area contributed by atoms with Crippen LogP contribution in [0.2, 0.25) is 10.0 Å². The van der Waals surface area contributed by atoms with E-state index >= 15 is 0 Å². The average molecular weight is 347 g/mol. The minimum Gasteiger partial charge on any atom is -0.502 e. The standard InChI is InChI=1S/C18H12Cl2O3/c19-12-6-1-3-8-14(12)22-16-10-5-11-17(18(16)21)23-15-9-4-2-7-13(15)20/h1-11,21H. The third-order valence-corrected chi connectivity index (χ3v) is 3.70. The summed E-state index contributed by atoms with van der Waals surface area (Å²) in [6.07, 6.45) is 0. The molecule has 23 heavy (non-hydrogen) atoms. The lowest BCUT2D eigenvalue weighted by Crippen LogP contribution is -1.90. The number of rotatable bonds is 4. The molecule has 0 aromatic heterocycles. The van der Waals surface area contributed by atoms with Crippen LogP contribution in [0.25, 0.3) is 0 Å². The Morgan fingerprint density at radius 3 is 1.39 bits per heavy atom. The van der Waals surface area contributed by atoms with Crippen molar-refractivity contribution in [3.63, 3.8) is 0 Å². The second kappa shape index (κ2) is 6.82. The van der Waals surface area contributed by atoms with Gasteiger partial charge in [0.15, 0.2) is 11.5 Å². The molecule has 0 aliphatic rings. The maximum absolute atomic E-state index is 10.4. The summed E-state index contributed by atoms with van der Waals surface area (Å²) >= 11 is 12.1. The number of hydrogen-bond acceptors (Lipinski definition) is 3. The van der Waals surface area contributed by atoms with Crippen LogP contribution in [0.1, 0.15) is 0 Å². The van der Waals surface area contributed by atoms with Crippen LogP contribution in [-0.2, 0) is 0 Å². The van der Waals surface area contributed by atoms with Gasteiger partial charge in [-0.3, -0.25) is 0 Å². The highest BCUT2D eigenvalue weighted by molar-refractivity contribution is 6.32. The van der Waals surface area contributed by atoms with Crippen molar-refractivity contribution in [2.45, 2.75) is 0 Å². The molecule has 0 saturated carbocycles. The van der Waals surface area contributed by atoms with E-state index in [1.807, 2.05) is 0 Å². The molecule has 3 aromatic carbocycles. The van der Waals surface area contributed by atoms with Gasteiger partial charge >= 0.3 is 0 Å². The van der Waals surface area contributed by atoms with E-state index in [9.17, 15) is 5.11 Å². The molecule has 0 amide bonds. The van der Waals surface area contributed by atoms with Crippen LogP contribution >= 0.6 is 23.2 Å². The van der Waals surface area contributed by atoms with Crippen molar-refractivity contribution in [2.24, 2.45) is 0 Å². The number of phenols is 1. The summed E-state index contributed by atoms with van der Waals surface area (Å²) in [4.78, 5) is 0. The van der Waals surface area contributed by atoms with Gasteiger partial charge in [0.2, 0.25) is 5.75 Å². The van der Waals surface area contributed by atoms with Crippen LogP contribution in [0.5, 0.6) is 28.7 Å². The molecule has 1 N–H and O–H groups in total. The third-order valence-electron chi connectivity index (χ3n) is 3.08. The lowest BCUT2D eigenvalue weighted by atomic mass is 10.3. The summed E-state index contributed by atoms with van der Waals surface area (Å²) in [5.41, 5.74) is 0. The molecule has 0 radical (unpaired) electrons. The number of para-hydroxylation sites is 3. The quantitative estimate of drug-likeness (QED) is 0.603. The van der Waals surface area contributed by atoms with Crippen molar-refractivity contribution in [1.29, 1.82) is 0 Å². The Balaban J connectivity index is 1.90. The van der Waals surface area contributed by atoms with E-state index in [4.69, 9.17) is 32.7 Å². The van der Waals surface area contributed by atoms with Crippen LogP contribution < -0.4 is 9.47 Å². The number of aromatic hydroxyl groups is 1. The first-order chi connectivity index (χ1) is 11.1. The third kappa shape index (κ3) is 3.52. The minimum atomic E-state index is -0.132. The molecule has 3 aromatic rings. The first kappa shape index (κ1) is 15.5. The molecule has 0 atom stereocenters. The van der Waals surface area contributed by atoms with Gasteiger partial charge in [0.1, 0.15) is 11.5 Å². The van der Waals surface area contributed by atoms with Gasteiger partial charge in [0.25, 0.3) is 0 Å². The number of hydrogen-bond donors (Lipinski definition) is 1. The molecular weight excluding hydrogens is 335 g/mol. The highest BCUT2D eigenvalue weighted by atomic mass is 35.5. The van der Waals surface area contributed by atoms with Crippen LogP contribution in [0.4, 0.5) is 0 Å². The fraction of sp³-hybridized carbons (Fsp3) is 0. The highest BCUT2D eigenvalue weighted by Gasteiger charge is 2.13. The average Bonchev–Trinajstić information content (AvgIpc) is 2.55. The van der Waals surface area contributed by atoms with Crippen molar-refractivity contribution in [3.05, 3.63) is 76.8 Å². The van der Waals surface area contributed by atoms with Gasteiger partial charge in [-0.05, 0) is 36.4 Å². The van der Waals surface area contributed by atoms with Crippen LogP contribution in [0, 0.1) is 0 Å². The lowest BCUT2D eigenvalue weighted by molar-refractivity contribution is 0.378. The molecule has 0 unspecified atom stereocenters. The van der Waals surface area contributed by atoms with Crippen LogP contribution in [0.3, 0.4) is 0 Å². The van der Waals surface area contributed by atoms with Crippen LogP contribution in [0.15, 0.2) is 66.7 Å². The van der Waals surface area contributed by atoms with Crippen molar-refractivity contribution in [2.75, 3.05) is 0 Å². The predicted octanol–water partition coefficient (Wildman–Crippen LogP) is 6.28. The fourth-order valence-electron chi connectivity index (χ4n) is 1.96. The maximum atomic E-state index is 10.4. The van der Waals surface area contributed by atoms with Crippen molar-refractivity contribution in [1.82, 2.24) is 0 Å². The van der Waals surface area contributed by atoms with E-state index in [0.717, 1.165) is 0 Å². The van der Waals surface area contributed by atoms with Gasteiger partial charge in [-0.15, -0.1) is 0 Å². The Bertz CT molecular complexity index is 768. The molecule has 0 fully saturated rings. The number of phenolic OH excluding ortho intramolecular Hbond substituents is 1. The summed E-state index contributed by atoms with van der Waals surface area (Å²) in [7, 11) is 0. The van der Waals surface area contributed by atoms with E-state index in [2.05, 4.69) is 0 Å². The molecule has 0 heterocycles. The Morgan fingerprint density at radius 1 is 0.565 bits per heavy atom. The van der Waals surface area contributed by atoms with E-state index in [1.54, 1.807) is 66.7 Å². The highest BCUT2D eigenvalue weighted by Crippen LogP contribution is 2.42.